The van der Waals surface area contributed by atoms with E-state index in [-0.39, 0.29) is 10.8 Å². The van der Waals surface area contributed by atoms with Gasteiger partial charge in [0.05, 0.1) is 0 Å². The van der Waals surface area contributed by atoms with Gasteiger partial charge < -0.3 is 8.75 Å². The average Bonchev–Trinajstić information content (AvgIpc) is 2.33. The molecule has 2 rings (SSSR count). The van der Waals surface area contributed by atoms with Crippen LogP contribution in [0, 0.1) is 27.7 Å². The molecule has 0 spiro atoms. The van der Waals surface area contributed by atoms with Gasteiger partial charge in [-0.3, -0.25) is 0 Å². The minimum atomic E-state index is -4.05. The lowest BCUT2D eigenvalue weighted by Gasteiger charge is -2.13. The summed E-state index contributed by atoms with van der Waals surface area (Å²) in [5.74, 6) is -0.192. The summed E-state index contributed by atoms with van der Waals surface area (Å²) in [5.41, 5.74) is 2.05. The normalized spacial score (nSPS) is 11.5. The first-order chi connectivity index (χ1) is 10.1. The quantitative estimate of drug-likeness (QED) is 0.805. The van der Waals surface area contributed by atoms with Crippen LogP contribution in [0.4, 0.5) is 0 Å². The third kappa shape index (κ3) is 3.04. The summed E-state index contributed by atoms with van der Waals surface area (Å²) >= 11 is 0. The highest BCUT2D eigenvalue weighted by atomic mass is 32.2. The van der Waals surface area contributed by atoms with Crippen molar-refractivity contribution in [3.8, 4) is 5.88 Å². The van der Waals surface area contributed by atoms with Gasteiger partial charge in [0.1, 0.15) is 4.90 Å². The van der Waals surface area contributed by atoms with Gasteiger partial charge in [-0.05, 0) is 38.8 Å². The van der Waals surface area contributed by atoms with Gasteiger partial charge in [0.2, 0.25) is 5.88 Å². The number of nitrogens with zero attached hydrogens (tertiary/aromatic N) is 2. The smallest absolute Gasteiger partial charge is 0.350 e. The van der Waals surface area contributed by atoms with Gasteiger partial charge >= 0.3 is 15.8 Å². The van der Waals surface area contributed by atoms with Crippen LogP contribution in [0.3, 0.4) is 0 Å². The fourth-order valence-corrected chi connectivity index (χ4v) is 3.81. The molecule has 1 aromatic carbocycles. The van der Waals surface area contributed by atoms with Gasteiger partial charge in [-0.2, -0.15) is 13.4 Å². The Morgan fingerprint density at radius 2 is 1.59 bits per heavy atom. The van der Waals surface area contributed by atoms with Crippen molar-refractivity contribution in [1.82, 2.24) is 9.55 Å². The summed E-state index contributed by atoms with van der Waals surface area (Å²) in [6.07, 6.45) is 1.48. The number of rotatable bonds is 3. The molecular formula is C15H18N2O4S. The Hall–Kier alpha value is -2.15. The van der Waals surface area contributed by atoms with Crippen molar-refractivity contribution in [2.75, 3.05) is 0 Å². The van der Waals surface area contributed by atoms with E-state index in [0.29, 0.717) is 16.7 Å². The van der Waals surface area contributed by atoms with E-state index in [1.54, 1.807) is 32.9 Å². The molecular weight excluding hydrogens is 304 g/mol. The minimum Gasteiger partial charge on any atom is -0.358 e. The first-order valence-electron chi connectivity index (χ1n) is 6.68. The van der Waals surface area contributed by atoms with Gasteiger partial charge in [0, 0.05) is 18.8 Å². The molecule has 1 aromatic heterocycles. The molecule has 0 unspecified atom stereocenters. The Labute approximate surface area is 129 Å². The number of hydrogen-bond donors (Lipinski definition) is 0. The second kappa shape index (κ2) is 5.57. The largest absolute Gasteiger partial charge is 0.358 e. The van der Waals surface area contributed by atoms with Gasteiger partial charge in [-0.25, -0.2) is 4.79 Å². The Morgan fingerprint density at radius 3 is 2.14 bits per heavy atom. The van der Waals surface area contributed by atoms with Crippen molar-refractivity contribution in [2.24, 2.45) is 7.05 Å². The van der Waals surface area contributed by atoms with E-state index in [0.717, 1.165) is 5.56 Å². The molecule has 0 fully saturated rings. The van der Waals surface area contributed by atoms with Crippen LogP contribution in [-0.2, 0) is 17.2 Å². The standard InChI is InChI=1S/C15H18N2O4S/c1-9-6-10(2)13(11(3)7-9)22(19,20)21-14-12(4)8-17(5)15(18)16-14/h6-8H,1-5H3. The molecule has 1 heterocycles. The van der Waals surface area contributed by atoms with E-state index in [1.807, 2.05) is 6.92 Å². The first kappa shape index (κ1) is 16.2. The fourth-order valence-electron chi connectivity index (χ4n) is 2.45. The maximum atomic E-state index is 12.5. The van der Waals surface area contributed by atoms with Crippen molar-refractivity contribution in [3.05, 3.63) is 51.1 Å². The van der Waals surface area contributed by atoms with Gasteiger partial charge in [-0.1, -0.05) is 17.7 Å². The van der Waals surface area contributed by atoms with Crippen LogP contribution >= 0.6 is 0 Å². The van der Waals surface area contributed by atoms with E-state index in [2.05, 4.69) is 4.98 Å². The lowest BCUT2D eigenvalue weighted by molar-refractivity contribution is 0.468. The Balaban J connectivity index is 2.54. The number of hydrogen-bond acceptors (Lipinski definition) is 5. The summed E-state index contributed by atoms with van der Waals surface area (Å²) in [4.78, 5) is 15.3. The molecule has 0 N–H and O–H groups in total. The van der Waals surface area contributed by atoms with Gasteiger partial charge in [-0.15, -0.1) is 0 Å². The average molecular weight is 322 g/mol. The van der Waals surface area contributed by atoms with E-state index >= 15 is 0 Å². The van der Waals surface area contributed by atoms with Crippen LogP contribution in [-0.4, -0.2) is 18.0 Å². The molecule has 7 heteroatoms. The molecule has 0 atom stereocenters. The number of aryl methyl sites for hydroxylation is 5. The minimum absolute atomic E-state index is 0.111. The monoisotopic (exact) mass is 322 g/mol. The maximum Gasteiger partial charge on any atom is 0.350 e. The predicted octanol–water partition coefficient (Wildman–Crippen LogP) is 1.78. The molecule has 0 saturated carbocycles. The molecule has 0 saturated heterocycles. The third-order valence-corrected chi connectivity index (χ3v) is 4.79. The SMILES string of the molecule is Cc1cc(C)c(S(=O)(=O)Oc2nc(=O)n(C)cc2C)c(C)c1. The van der Waals surface area contributed by atoms with Gasteiger partial charge in [0.15, 0.2) is 0 Å². The highest BCUT2D eigenvalue weighted by Crippen LogP contribution is 2.25. The zero-order valence-electron chi connectivity index (χ0n) is 13.2. The maximum absolute atomic E-state index is 12.5. The zero-order valence-corrected chi connectivity index (χ0v) is 14.0. The summed E-state index contributed by atoms with van der Waals surface area (Å²) in [6, 6.07) is 3.54. The summed E-state index contributed by atoms with van der Waals surface area (Å²) in [5, 5.41) is 0. The van der Waals surface area contributed by atoms with Crippen LogP contribution < -0.4 is 9.87 Å². The second-order valence-corrected chi connectivity index (χ2v) is 6.87. The summed E-state index contributed by atoms with van der Waals surface area (Å²) in [7, 11) is -2.52. The van der Waals surface area contributed by atoms with E-state index in [9.17, 15) is 13.2 Å². The molecule has 0 aliphatic heterocycles. The summed E-state index contributed by atoms with van der Waals surface area (Å²) in [6.45, 7) is 6.94. The first-order valence-corrected chi connectivity index (χ1v) is 8.09. The highest BCUT2D eigenvalue weighted by Gasteiger charge is 2.24. The topological polar surface area (TPSA) is 78.3 Å². The predicted molar refractivity (Wildman–Crippen MR) is 82.7 cm³/mol. The fraction of sp³-hybridized carbons (Fsp3) is 0.333. The van der Waals surface area contributed by atoms with Crippen LogP contribution in [0.5, 0.6) is 5.88 Å². The molecule has 2 aromatic rings. The van der Waals surface area contributed by atoms with E-state index in [1.165, 1.54) is 17.8 Å². The van der Waals surface area contributed by atoms with Crippen molar-refractivity contribution < 1.29 is 12.6 Å². The lowest BCUT2D eigenvalue weighted by atomic mass is 10.1. The number of benzene rings is 1. The van der Waals surface area contributed by atoms with E-state index in [4.69, 9.17) is 4.18 Å². The molecule has 0 radical (unpaired) electrons. The molecule has 0 amide bonds. The van der Waals surface area contributed by atoms with Crippen molar-refractivity contribution >= 4 is 10.1 Å². The van der Waals surface area contributed by atoms with Crippen LogP contribution in [0.25, 0.3) is 0 Å². The molecule has 118 valence electrons. The molecule has 0 aliphatic rings. The van der Waals surface area contributed by atoms with Crippen LogP contribution in [0.2, 0.25) is 0 Å². The summed E-state index contributed by atoms with van der Waals surface area (Å²) < 4.78 is 31.4. The zero-order chi connectivity index (χ0) is 16.7. The van der Waals surface area contributed by atoms with Gasteiger partial charge in [0.25, 0.3) is 0 Å². The van der Waals surface area contributed by atoms with E-state index < -0.39 is 15.8 Å². The molecule has 0 aliphatic carbocycles. The lowest BCUT2D eigenvalue weighted by Crippen LogP contribution is -2.23. The molecule has 6 nitrogen and oxygen atoms in total. The Bertz CT molecular complexity index is 875. The molecule has 22 heavy (non-hydrogen) atoms. The Kier molecular flexibility index (Phi) is 4.10. The highest BCUT2D eigenvalue weighted by molar-refractivity contribution is 7.87. The molecule has 0 bridgehead atoms. The second-order valence-electron chi connectivity index (χ2n) is 5.39. The van der Waals surface area contributed by atoms with Crippen LogP contribution in [0.15, 0.2) is 28.0 Å². The van der Waals surface area contributed by atoms with Crippen molar-refractivity contribution in [1.29, 1.82) is 0 Å². The Morgan fingerprint density at radius 1 is 1.05 bits per heavy atom. The van der Waals surface area contributed by atoms with Crippen LogP contribution in [0.1, 0.15) is 22.3 Å². The van der Waals surface area contributed by atoms with Crippen molar-refractivity contribution in [3.63, 3.8) is 0 Å². The number of aromatic nitrogens is 2. The third-order valence-electron chi connectivity index (χ3n) is 3.27. The van der Waals surface area contributed by atoms with Crippen molar-refractivity contribution in [2.45, 2.75) is 32.6 Å².